The normalized spacial score (nSPS) is 14.7. The van der Waals surface area contributed by atoms with Gasteiger partial charge in [0.15, 0.2) is 29.1 Å². The first-order valence-corrected chi connectivity index (χ1v) is 10.5. The summed E-state index contributed by atoms with van der Waals surface area (Å²) in [6, 6.07) is 10.7. The standard InChI is InChI=1S/C24H31NO7/c1-6-19(29-4)23(32-17-10-8-7-9-11-17)16(3)31-24(28)15(2)14-18(26)21-22(27)20(30-5)12-13-25-21/h7-13,15-16,19,23,27H,6,14H2,1-5H3/t15-,16+,19+,23+/m1/s1. The van der Waals surface area contributed by atoms with Crippen molar-refractivity contribution in [2.24, 2.45) is 5.92 Å². The Labute approximate surface area is 188 Å². The second kappa shape index (κ2) is 12.0. The molecule has 0 spiro atoms. The van der Waals surface area contributed by atoms with Crippen LogP contribution in [0.4, 0.5) is 0 Å². The molecule has 0 saturated heterocycles. The molecular formula is C24H31NO7. The lowest BCUT2D eigenvalue weighted by atomic mass is 10.0. The van der Waals surface area contributed by atoms with Crippen molar-refractivity contribution in [3.63, 3.8) is 0 Å². The van der Waals surface area contributed by atoms with E-state index in [0.717, 1.165) is 0 Å². The minimum Gasteiger partial charge on any atom is -0.503 e. The number of ether oxygens (including phenoxy) is 4. The first-order chi connectivity index (χ1) is 15.3. The molecular weight excluding hydrogens is 414 g/mol. The van der Waals surface area contributed by atoms with Crippen LogP contribution in [0.15, 0.2) is 42.6 Å². The van der Waals surface area contributed by atoms with Gasteiger partial charge in [-0.1, -0.05) is 32.0 Å². The Bertz CT molecular complexity index is 883. The first kappa shape index (κ1) is 25.1. The Morgan fingerprint density at radius 2 is 1.78 bits per heavy atom. The molecule has 0 bridgehead atoms. The van der Waals surface area contributed by atoms with Crippen molar-refractivity contribution in [1.29, 1.82) is 0 Å². The number of rotatable bonds is 12. The monoisotopic (exact) mass is 445 g/mol. The van der Waals surface area contributed by atoms with Gasteiger partial charge >= 0.3 is 5.97 Å². The third-order valence-electron chi connectivity index (χ3n) is 5.12. The van der Waals surface area contributed by atoms with Gasteiger partial charge in [-0.25, -0.2) is 4.98 Å². The summed E-state index contributed by atoms with van der Waals surface area (Å²) >= 11 is 0. The molecule has 1 N–H and O–H groups in total. The molecule has 0 radical (unpaired) electrons. The van der Waals surface area contributed by atoms with Gasteiger partial charge in [0.1, 0.15) is 11.9 Å². The summed E-state index contributed by atoms with van der Waals surface area (Å²) in [7, 11) is 2.96. The number of para-hydroxylation sites is 1. The molecule has 8 nitrogen and oxygen atoms in total. The van der Waals surface area contributed by atoms with Gasteiger partial charge in [-0.05, 0) is 25.5 Å². The largest absolute Gasteiger partial charge is 0.503 e. The maximum Gasteiger partial charge on any atom is 0.309 e. The van der Waals surface area contributed by atoms with Gasteiger partial charge in [0.25, 0.3) is 0 Å². The fourth-order valence-electron chi connectivity index (χ4n) is 3.29. The van der Waals surface area contributed by atoms with Crippen LogP contribution < -0.4 is 9.47 Å². The minimum absolute atomic E-state index is 0.137. The molecule has 0 aliphatic rings. The number of hydrogen-bond donors (Lipinski definition) is 1. The number of nitrogens with zero attached hydrogens (tertiary/aromatic N) is 1. The summed E-state index contributed by atoms with van der Waals surface area (Å²) in [6.45, 7) is 5.28. The smallest absolute Gasteiger partial charge is 0.309 e. The van der Waals surface area contributed by atoms with Gasteiger partial charge in [-0.2, -0.15) is 0 Å². The number of esters is 1. The van der Waals surface area contributed by atoms with Crippen LogP contribution in [0, 0.1) is 5.92 Å². The van der Waals surface area contributed by atoms with Crippen molar-refractivity contribution >= 4 is 11.8 Å². The molecule has 0 aliphatic heterocycles. The van der Waals surface area contributed by atoms with Crippen molar-refractivity contribution in [3.8, 4) is 17.2 Å². The molecule has 32 heavy (non-hydrogen) atoms. The molecule has 1 aromatic carbocycles. The van der Waals surface area contributed by atoms with Crippen molar-refractivity contribution in [2.75, 3.05) is 14.2 Å². The van der Waals surface area contributed by atoms with Crippen molar-refractivity contribution < 1.29 is 33.6 Å². The third kappa shape index (κ3) is 6.43. The van der Waals surface area contributed by atoms with Gasteiger partial charge in [0.2, 0.25) is 0 Å². The quantitative estimate of drug-likeness (QED) is 0.389. The van der Waals surface area contributed by atoms with E-state index >= 15 is 0 Å². The summed E-state index contributed by atoms with van der Waals surface area (Å²) in [4.78, 5) is 29.2. The van der Waals surface area contributed by atoms with E-state index in [-0.39, 0.29) is 29.7 Å². The van der Waals surface area contributed by atoms with Crippen molar-refractivity contribution in [2.45, 2.75) is 51.9 Å². The average Bonchev–Trinajstić information content (AvgIpc) is 2.79. The zero-order chi connectivity index (χ0) is 23.7. The van der Waals surface area contributed by atoms with E-state index in [4.69, 9.17) is 18.9 Å². The molecule has 2 rings (SSSR count). The highest BCUT2D eigenvalue weighted by atomic mass is 16.6. The Morgan fingerprint density at radius 3 is 2.38 bits per heavy atom. The Morgan fingerprint density at radius 1 is 1.09 bits per heavy atom. The molecule has 0 aliphatic carbocycles. The van der Waals surface area contributed by atoms with Gasteiger partial charge < -0.3 is 24.1 Å². The molecule has 0 unspecified atom stereocenters. The second-order valence-corrected chi connectivity index (χ2v) is 7.46. The SMILES string of the molecule is CC[C@H](OC)[C@@H](Oc1ccccc1)[C@H](C)OC(=O)[C@H](C)CC(=O)c1nccc(OC)c1O. The molecule has 0 fully saturated rings. The van der Waals surface area contributed by atoms with Crippen LogP contribution >= 0.6 is 0 Å². The molecule has 1 aromatic heterocycles. The van der Waals surface area contributed by atoms with E-state index in [1.165, 1.54) is 19.4 Å². The summed E-state index contributed by atoms with van der Waals surface area (Å²) < 4.78 is 22.2. The van der Waals surface area contributed by atoms with E-state index in [9.17, 15) is 14.7 Å². The molecule has 174 valence electrons. The van der Waals surface area contributed by atoms with E-state index in [0.29, 0.717) is 12.2 Å². The van der Waals surface area contributed by atoms with Crippen LogP contribution in [-0.4, -0.2) is 54.4 Å². The fraction of sp³-hybridized carbons (Fsp3) is 0.458. The second-order valence-electron chi connectivity index (χ2n) is 7.46. The Hall–Kier alpha value is -3.13. The molecule has 0 amide bonds. The van der Waals surface area contributed by atoms with Crippen LogP contribution in [0.25, 0.3) is 0 Å². The highest BCUT2D eigenvalue weighted by molar-refractivity contribution is 5.99. The van der Waals surface area contributed by atoms with Gasteiger partial charge in [-0.3, -0.25) is 9.59 Å². The number of methoxy groups -OCH3 is 2. The lowest BCUT2D eigenvalue weighted by molar-refractivity contribution is -0.161. The van der Waals surface area contributed by atoms with Crippen LogP contribution in [0.5, 0.6) is 17.2 Å². The molecule has 0 saturated carbocycles. The molecule has 4 atom stereocenters. The number of carbonyl (C=O) groups is 2. The number of pyridine rings is 1. The maximum atomic E-state index is 12.7. The number of hydrogen-bond acceptors (Lipinski definition) is 8. The summed E-state index contributed by atoms with van der Waals surface area (Å²) in [5.41, 5.74) is -0.146. The van der Waals surface area contributed by atoms with Gasteiger partial charge in [-0.15, -0.1) is 0 Å². The van der Waals surface area contributed by atoms with E-state index in [2.05, 4.69) is 4.98 Å². The van der Waals surface area contributed by atoms with Crippen LogP contribution in [0.2, 0.25) is 0 Å². The van der Waals surface area contributed by atoms with E-state index in [1.54, 1.807) is 21.0 Å². The Kier molecular flexibility index (Phi) is 9.46. The number of aromatic hydroxyl groups is 1. The summed E-state index contributed by atoms with van der Waals surface area (Å²) in [6.07, 6.45) is 0.373. The number of Topliss-reactive ketones (excluding diaryl/α,β-unsaturated/α-hetero) is 1. The molecule has 8 heteroatoms. The average molecular weight is 446 g/mol. The minimum atomic E-state index is -0.752. The first-order valence-electron chi connectivity index (χ1n) is 10.5. The number of carbonyl (C=O) groups excluding carboxylic acids is 2. The van der Waals surface area contributed by atoms with E-state index < -0.39 is 29.9 Å². The Balaban J connectivity index is 2.06. The summed E-state index contributed by atoms with van der Waals surface area (Å²) in [5.74, 6) is -1.37. The van der Waals surface area contributed by atoms with Crippen LogP contribution in [-0.2, 0) is 14.3 Å². The van der Waals surface area contributed by atoms with E-state index in [1.807, 2.05) is 37.3 Å². The highest BCUT2D eigenvalue weighted by Gasteiger charge is 2.32. The van der Waals surface area contributed by atoms with Crippen molar-refractivity contribution in [3.05, 3.63) is 48.3 Å². The zero-order valence-electron chi connectivity index (χ0n) is 19.1. The zero-order valence-corrected chi connectivity index (χ0v) is 19.1. The topological polar surface area (TPSA) is 104 Å². The van der Waals surface area contributed by atoms with Gasteiger partial charge in [0.05, 0.1) is 19.1 Å². The number of aromatic nitrogens is 1. The summed E-state index contributed by atoms with van der Waals surface area (Å²) in [5, 5.41) is 10.1. The third-order valence-corrected chi connectivity index (χ3v) is 5.12. The molecule has 2 aromatic rings. The fourth-order valence-corrected chi connectivity index (χ4v) is 3.29. The number of ketones is 1. The van der Waals surface area contributed by atoms with Crippen LogP contribution in [0.3, 0.4) is 0 Å². The number of benzene rings is 1. The van der Waals surface area contributed by atoms with Crippen LogP contribution in [0.1, 0.15) is 44.1 Å². The molecule has 1 heterocycles. The lowest BCUT2D eigenvalue weighted by Crippen LogP contribution is -2.44. The predicted molar refractivity (Wildman–Crippen MR) is 118 cm³/mol. The van der Waals surface area contributed by atoms with Crippen molar-refractivity contribution in [1.82, 2.24) is 4.98 Å². The van der Waals surface area contributed by atoms with Gasteiger partial charge in [0, 0.05) is 25.8 Å². The predicted octanol–water partition coefficient (Wildman–Crippen LogP) is 3.81. The maximum absolute atomic E-state index is 12.7. The highest BCUT2D eigenvalue weighted by Crippen LogP contribution is 2.29. The lowest BCUT2D eigenvalue weighted by Gasteiger charge is -2.31.